The number of benzene rings is 1. The SMILES string of the molecule is COc1ccc(NC(=O)Cn2c(C)cc(-c3nnc(C)o3)c2C)cc1. The molecule has 7 heteroatoms. The van der Waals surface area contributed by atoms with Crippen molar-refractivity contribution in [3.8, 4) is 17.2 Å². The van der Waals surface area contributed by atoms with Gasteiger partial charge in [-0.2, -0.15) is 0 Å². The van der Waals surface area contributed by atoms with Gasteiger partial charge in [0.05, 0.1) is 12.7 Å². The van der Waals surface area contributed by atoms with Crippen LogP contribution >= 0.6 is 0 Å². The number of carbonyl (C=O) groups excluding carboxylic acids is 1. The number of rotatable bonds is 5. The van der Waals surface area contributed by atoms with E-state index in [1.165, 1.54) is 0 Å². The van der Waals surface area contributed by atoms with Crippen LogP contribution in [0.3, 0.4) is 0 Å². The number of nitrogens with zero attached hydrogens (tertiary/aromatic N) is 3. The molecule has 0 radical (unpaired) electrons. The Labute approximate surface area is 145 Å². The van der Waals surface area contributed by atoms with Crippen molar-refractivity contribution in [3.05, 3.63) is 47.6 Å². The van der Waals surface area contributed by atoms with Crippen LogP contribution in [-0.2, 0) is 11.3 Å². The Balaban J connectivity index is 1.75. The van der Waals surface area contributed by atoms with Crippen LogP contribution in [0.15, 0.2) is 34.7 Å². The Kier molecular flexibility index (Phi) is 4.56. The molecule has 3 aromatic rings. The summed E-state index contributed by atoms with van der Waals surface area (Å²) in [5, 5.41) is 10.8. The number of hydrogen-bond acceptors (Lipinski definition) is 5. The maximum Gasteiger partial charge on any atom is 0.249 e. The molecule has 0 aliphatic heterocycles. The molecule has 0 unspecified atom stereocenters. The van der Waals surface area contributed by atoms with Crippen LogP contribution in [-0.4, -0.2) is 27.8 Å². The second-order valence-electron chi connectivity index (χ2n) is 5.77. The number of ether oxygens (including phenoxy) is 1. The minimum Gasteiger partial charge on any atom is -0.497 e. The van der Waals surface area contributed by atoms with Crippen LogP contribution in [0.1, 0.15) is 17.3 Å². The average Bonchev–Trinajstić information content (AvgIpc) is 3.14. The molecule has 0 saturated carbocycles. The molecule has 0 aliphatic rings. The average molecular weight is 340 g/mol. The van der Waals surface area contributed by atoms with Gasteiger partial charge in [-0.05, 0) is 44.2 Å². The fourth-order valence-corrected chi connectivity index (χ4v) is 2.68. The van der Waals surface area contributed by atoms with Gasteiger partial charge in [0.25, 0.3) is 0 Å². The highest BCUT2D eigenvalue weighted by Crippen LogP contribution is 2.26. The van der Waals surface area contributed by atoms with Gasteiger partial charge in [-0.25, -0.2) is 0 Å². The maximum absolute atomic E-state index is 12.4. The highest BCUT2D eigenvalue weighted by Gasteiger charge is 2.17. The van der Waals surface area contributed by atoms with Crippen LogP contribution in [0.5, 0.6) is 5.75 Å². The monoisotopic (exact) mass is 340 g/mol. The summed E-state index contributed by atoms with van der Waals surface area (Å²) in [4.78, 5) is 12.4. The fourth-order valence-electron chi connectivity index (χ4n) is 2.68. The van der Waals surface area contributed by atoms with Crippen molar-refractivity contribution in [3.63, 3.8) is 0 Å². The van der Waals surface area contributed by atoms with E-state index in [0.717, 1.165) is 28.4 Å². The predicted octanol–water partition coefficient (Wildman–Crippen LogP) is 3.11. The molecular formula is C18H20N4O3. The smallest absolute Gasteiger partial charge is 0.249 e. The largest absolute Gasteiger partial charge is 0.497 e. The minimum absolute atomic E-state index is 0.111. The van der Waals surface area contributed by atoms with E-state index in [0.29, 0.717) is 11.8 Å². The Hall–Kier alpha value is -3.09. The highest BCUT2D eigenvalue weighted by molar-refractivity contribution is 5.90. The highest BCUT2D eigenvalue weighted by atomic mass is 16.5. The van der Waals surface area contributed by atoms with Crippen molar-refractivity contribution in [1.82, 2.24) is 14.8 Å². The molecule has 130 valence electrons. The standard InChI is InChI=1S/C18H20N4O3/c1-11-9-16(18-21-20-13(3)25-18)12(2)22(11)10-17(23)19-14-5-7-15(24-4)8-6-14/h5-9H,10H2,1-4H3,(H,19,23). The molecular weight excluding hydrogens is 320 g/mol. The molecule has 0 spiro atoms. The first kappa shape index (κ1) is 16.8. The van der Waals surface area contributed by atoms with Gasteiger partial charge in [0.2, 0.25) is 17.7 Å². The van der Waals surface area contributed by atoms with Crippen LogP contribution in [0.4, 0.5) is 5.69 Å². The van der Waals surface area contributed by atoms with Gasteiger partial charge in [0.1, 0.15) is 12.3 Å². The van der Waals surface area contributed by atoms with Crippen molar-refractivity contribution < 1.29 is 13.9 Å². The van der Waals surface area contributed by atoms with Gasteiger partial charge < -0.3 is 19.0 Å². The summed E-state index contributed by atoms with van der Waals surface area (Å²) in [6.45, 7) is 5.83. The van der Waals surface area contributed by atoms with Gasteiger partial charge in [-0.15, -0.1) is 10.2 Å². The lowest BCUT2D eigenvalue weighted by Gasteiger charge is -2.10. The van der Waals surface area contributed by atoms with Crippen LogP contribution in [0, 0.1) is 20.8 Å². The number of carbonyl (C=O) groups is 1. The van der Waals surface area contributed by atoms with Crippen molar-refractivity contribution in [2.45, 2.75) is 27.3 Å². The molecule has 25 heavy (non-hydrogen) atoms. The molecule has 0 aliphatic carbocycles. The number of nitrogens with one attached hydrogen (secondary N) is 1. The molecule has 7 nitrogen and oxygen atoms in total. The van der Waals surface area contributed by atoms with Gasteiger partial charge in [0.15, 0.2) is 0 Å². The predicted molar refractivity (Wildman–Crippen MR) is 93.6 cm³/mol. The van der Waals surface area contributed by atoms with Gasteiger partial charge in [-0.3, -0.25) is 4.79 Å². The van der Waals surface area contributed by atoms with E-state index in [2.05, 4.69) is 15.5 Å². The van der Waals surface area contributed by atoms with Crippen molar-refractivity contribution >= 4 is 11.6 Å². The quantitative estimate of drug-likeness (QED) is 0.772. The molecule has 2 heterocycles. The van der Waals surface area contributed by atoms with Crippen LogP contribution < -0.4 is 10.1 Å². The molecule has 3 rings (SSSR count). The molecule has 0 fully saturated rings. The number of anilines is 1. The van der Waals surface area contributed by atoms with E-state index in [-0.39, 0.29) is 12.5 Å². The van der Waals surface area contributed by atoms with Crippen LogP contribution in [0.25, 0.3) is 11.5 Å². The molecule has 1 amide bonds. The summed E-state index contributed by atoms with van der Waals surface area (Å²) in [6.07, 6.45) is 0. The Morgan fingerprint density at radius 2 is 1.92 bits per heavy atom. The Bertz CT molecular complexity index is 894. The third-order valence-corrected chi connectivity index (χ3v) is 4.01. The summed E-state index contributed by atoms with van der Waals surface area (Å²) in [5.41, 5.74) is 3.43. The normalized spacial score (nSPS) is 10.7. The number of aryl methyl sites for hydroxylation is 2. The Morgan fingerprint density at radius 1 is 1.20 bits per heavy atom. The fraction of sp³-hybridized carbons (Fsp3) is 0.278. The van der Waals surface area contributed by atoms with Gasteiger partial charge >= 0.3 is 0 Å². The topological polar surface area (TPSA) is 82.2 Å². The lowest BCUT2D eigenvalue weighted by atomic mass is 10.2. The molecule has 1 N–H and O–H groups in total. The second kappa shape index (κ2) is 6.80. The minimum atomic E-state index is -0.111. The summed E-state index contributed by atoms with van der Waals surface area (Å²) in [7, 11) is 1.60. The Morgan fingerprint density at radius 3 is 2.52 bits per heavy atom. The van der Waals surface area contributed by atoms with E-state index in [4.69, 9.17) is 9.15 Å². The first-order valence-electron chi connectivity index (χ1n) is 7.89. The number of aromatic nitrogens is 3. The molecule has 0 atom stereocenters. The summed E-state index contributed by atoms with van der Waals surface area (Å²) in [5.74, 6) is 1.61. The first-order chi connectivity index (χ1) is 12.0. The van der Waals surface area contributed by atoms with E-state index in [9.17, 15) is 4.79 Å². The number of methoxy groups -OCH3 is 1. The lowest BCUT2D eigenvalue weighted by Crippen LogP contribution is -2.20. The summed E-state index contributed by atoms with van der Waals surface area (Å²) < 4.78 is 12.5. The first-order valence-corrected chi connectivity index (χ1v) is 7.89. The zero-order valence-electron chi connectivity index (χ0n) is 14.7. The van der Waals surface area contributed by atoms with Crippen molar-refractivity contribution in [2.75, 3.05) is 12.4 Å². The zero-order chi connectivity index (χ0) is 18.0. The van der Waals surface area contributed by atoms with Crippen molar-refractivity contribution in [2.24, 2.45) is 0 Å². The third-order valence-electron chi connectivity index (χ3n) is 4.01. The van der Waals surface area contributed by atoms with E-state index >= 15 is 0 Å². The number of hydrogen-bond donors (Lipinski definition) is 1. The molecule has 0 saturated heterocycles. The van der Waals surface area contributed by atoms with Crippen molar-refractivity contribution in [1.29, 1.82) is 0 Å². The van der Waals surface area contributed by atoms with E-state index in [1.54, 1.807) is 38.3 Å². The van der Waals surface area contributed by atoms with Gasteiger partial charge in [-0.1, -0.05) is 0 Å². The maximum atomic E-state index is 12.4. The lowest BCUT2D eigenvalue weighted by molar-refractivity contribution is -0.116. The van der Waals surface area contributed by atoms with E-state index in [1.807, 2.05) is 24.5 Å². The summed E-state index contributed by atoms with van der Waals surface area (Å²) >= 11 is 0. The zero-order valence-corrected chi connectivity index (χ0v) is 14.7. The van der Waals surface area contributed by atoms with Crippen LogP contribution in [0.2, 0.25) is 0 Å². The number of amides is 1. The third kappa shape index (κ3) is 3.55. The molecule has 2 aromatic heterocycles. The molecule has 1 aromatic carbocycles. The molecule has 0 bridgehead atoms. The van der Waals surface area contributed by atoms with E-state index < -0.39 is 0 Å². The van der Waals surface area contributed by atoms with Gasteiger partial charge in [0, 0.05) is 24.0 Å². The second-order valence-corrected chi connectivity index (χ2v) is 5.77. The summed E-state index contributed by atoms with van der Waals surface area (Å²) in [6, 6.07) is 9.16.